The Balaban J connectivity index is 1.76. The average molecular weight is 469 g/mol. The number of halogens is 3. The number of benzene rings is 3. The number of carbonyl (C=O) groups is 1. The van der Waals surface area contributed by atoms with Gasteiger partial charge in [-0.2, -0.15) is 4.39 Å². The highest BCUT2D eigenvalue weighted by molar-refractivity contribution is 7.17. The number of nitrogens with zero attached hydrogens (tertiary/aromatic N) is 2. The summed E-state index contributed by atoms with van der Waals surface area (Å²) in [5.41, 5.74) is 2.51. The van der Waals surface area contributed by atoms with Crippen molar-refractivity contribution in [3.63, 3.8) is 0 Å². The third kappa shape index (κ3) is 4.47. The number of aromatic nitrogens is 1. The summed E-state index contributed by atoms with van der Waals surface area (Å²) in [6, 6.07) is 17.5. The van der Waals surface area contributed by atoms with Crippen molar-refractivity contribution >= 4 is 22.9 Å². The molecule has 4 rings (SSSR count). The van der Waals surface area contributed by atoms with E-state index in [1.807, 2.05) is 61.5 Å². The Hall–Kier alpha value is -3.65. The lowest BCUT2D eigenvalue weighted by Gasteiger charge is -2.23. The first kappa shape index (κ1) is 22.5. The molecule has 0 aliphatic carbocycles. The van der Waals surface area contributed by atoms with E-state index in [0.717, 1.165) is 22.5 Å². The summed E-state index contributed by atoms with van der Waals surface area (Å²) >= 11 is 0.852. The smallest absolute Gasteiger partial charge is 0.270 e. The van der Waals surface area contributed by atoms with Crippen LogP contribution >= 0.6 is 11.3 Å². The van der Waals surface area contributed by atoms with Crippen molar-refractivity contribution in [3.8, 4) is 16.3 Å². The van der Waals surface area contributed by atoms with Gasteiger partial charge in [-0.1, -0.05) is 48.0 Å². The van der Waals surface area contributed by atoms with Crippen LogP contribution in [0.5, 0.6) is 5.75 Å². The van der Waals surface area contributed by atoms with Gasteiger partial charge in [0.2, 0.25) is 5.82 Å². The molecule has 0 aliphatic rings. The van der Waals surface area contributed by atoms with Crippen molar-refractivity contribution in [2.24, 2.45) is 0 Å². The molecule has 1 N–H and O–H groups in total. The van der Waals surface area contributed by atoms with Gasteiger partial charge in [0.05, 0.1) is 17.8 Å². The van der Waals surface area contributed by atoms with Crippen LogP contribution in [0.2, 0.25) is 0 Å². The number of hydrogen-bond acceptors (Lipinski definition) is 4. The number of phenols is 1. The van der Waals surface area contributed by atoms with Gasteiger partial charge in [0.25, 0.3) is 5.91 Å². The van der Waals surface area contributed by atoms with Gasteiger partial charge < -0.3 is 10.0 Å². The van der Waals surface area contributed by atoms with E-state index in [2.05, 4.69) is 4.98 Å². The fraction of sp³-hybridized carbons (Fsp3) is 0.120. The quantitative estimate of drug-likeness (QED) is 0.345. The minimum atomic E-state index is -1.67. The van der Waals surface area contributed by atoms with Gasteiger partial charge in [0, 0.05) is 5.69 Å². The highest BCUT2D eigenvalue weighted by Gasteiger charge is 2.26. The van der Waals surface area contributed by atoms with E-state index in [4.69, 9.17) is 0 Å². The van der Waals surface area contributed by atoms with E-state index in [1.165, 1.54) is 0 Å². The molecular weight excluding hydrogens is 449 g/mol. The summed E-state index contributed by atoms with van der Waals surface area (Å²) < 4.78 is 41.7. The summed E-state index contributed by atoms with van der Waals surface area (Å²) in [4.78, 5) is 19.6. The zero-order valence-corrected chi connectivity index (χ0v) is 18.6. The van der Waals surface area contributed by atoms with Crippen molar-refractivity contribution in [2.45, 2.75) is 20.4 Å². The number of rotatable bonds is 5. The Morgan fingerprint density at radius 2 is 1.67 bits per heavy atom. The van der Waals surface area contributed by atoms with E-state index >= 15 is 0 Å². The van der Waals surface area contributed by atoms with Crippen LogP contribution in [-0.4, -0.2) is 16.0 Å². The van der Waals surface area contributed by atoms with E-state index < -0.39 is 28.8 Å². The molecule has 0 radical (unpaired) electrons. The Bertz CT molecular complexity index is 1320. The van der Waals surface area contributed by atoms with Crippen LogP contribution in [0.25, 0.3) is 10.6 Å². The average Bonchev–Trinajstić information content (AvgIpc) is 3.20. The zero-order chi connectivity index (χ0) is 23.7. The van der Waals surface area contributed by atoms with Crippen LogP contribution in [0.15, 0.2) is 60.7 Å². The fourth-order valence-electron chi connectivity index (χ4n) is 3.35. The number of phenolic OH excluding ortho intramolecular Hbond substituents is 1. The van der Waals surface area contributed by atoms with Gasteiger partial charge >= 0.3 is 0 Å². The molecule has 4 aromatic rings. The molecule has 0 fully saturated rings. The minimum absolute atomic E-state index is 0.0360. The molecule has 1 heterocycles. The number of hydrogen-bond donors (Lipinski definition) is 1. The molecular formula is C25H19F3N2O2S. The van der Waals surface area contributed by atoms with E-state index in [9.17, 15) is 23.1 Å². The Morgan fingerprint density at radius 1 is 1.00 bits per heavy atom. The van der Waals surface area contributed by atoms with Crippen molar-refractivity contribution in [1.29, 1.82) is 0 Å². The first-order valence-corrected chi connectivity index (χ1v) is 10.8. The third-order valence-corrected chi connectivity index (χ3v) is 6.31. The van der Waals surface area contributed by atoms with E-state index in [1.54, 1.807) is 11.8 Å². The van der Waals surface area contributed by atoms with Crippen LogP contribution in [0, 0.1) is 31.3 Å². The van der Waals surface area contributed by atoms with Crippen LogP contribution in [0.4, 0.5) is 18.9 Å². The summed E-state index contributed by atoms with van der Waals surface area (Å²) in [5, 5.41) is 9.51. The van der Waals surface area contributed by atoms with Crippen LogP contribution in [0.1, 0.15) is 26.5 Å². The summed E-state index contributed by atoms with van der Waals surface area (Å²) in [5.74, 6) is -6.20. The molecule has 4 nitrogen and oxygen atoms in total. The lowest BCUT2D eigenvalue weighted by atomic mass is 10.1. The van der Waals surface area contributed by atoms with Gasteiger partial charge in [-0.3, -0.25) is 4.79 Å². The van der Waals surface area contributed by atoms with E-state index in [-0.39, 0.29) is 22.3 Å². The molecule has 0 atom stereocenters. The number of carbonyl (C=O) groups excluding carboxylic acids is 1. The summed E-state index contributed by atoms with van der Waals surface area (Å²) in [7, 11) is 0. The maximum Gasteiger partial charge on any atom is 0.270 e. The van der Waals surface area contributed by atoms with Gasteiger partial charge in [-0.05, 0) is 37.6 Å². The van der Waals surface area contributed by atoms with Crippen molar-refractivity contribution in [2.75, 3.05) is 4.90 Å². The maximum absolute atomic E-state index is 14.4. The molecule has 8 heteroatoms. The maximum atomic E-state index is 14.4. The predicted octanol–water partition coefficient (Wildman–Crippen LogP) is 6.40. The second kappa shape index (κ2) is 9.07. The topological polar surface area (TPSA) is 53.4 Å². The van der Waals surface area contributed by atoms with Crippen molar-refractivity contribution < 1.29 is 23.1 Å². The van der Waals surface area contributed by atoms with Crippen LogP contribution in [-0.2, 0) is 6.54 Å². The third-order valence-electron chi connectivity index (χ3n) is 5.13. The lowest BCUT2D eigenvalue weighted by Crippen LogP contribution is -2.30. The van der Waals surface area contributed by atoms with Gasteiger partial charge in [0.1, 0.15) is 9.88 Å². The summed E-state index contributed by atoms with van der Waals surface area (Å²) in [6.45, 7) is 3.81. The highest BCUT2D eigenvalue weighted by atomic mass is 32.1. The number of aryl methyl sites for hydroxylation is 2. The first-order valence-electron chi connectivity index (χ1n) is 10.0. The van der Waals surface area contributed by atoms with Crippen LogP contribution in [0.3, 0.4) is 0 Å². The lowest BCUT2D eigenvalue weighted by molar-refractivity contribution is 0.0988. The van der Waals surface area contributed by atoms with Gasteiger partial charge in [-0.15, -0.1) is 11.3 Å². The highest BCUT2D eigenvalue weighted by Crippen LogP contribution is 2.36. The molecule has 3 aromatic carbocycles. The number of anilines is 1. The zero-order valence-electron chi connectivity index (χ0n) is 17.8. The van der Waals surface area contributed by atoms with Gasteiger partial charge in [-0.25, -0.2) is 13.8 Å². The largest absolute Gasteiger partial charge is 0.503 e. The molecule has 33 heavy (non-hydrogen) atoms. The molecule has 1 aromatic heterocycles. The Morgan fingerprint density at radius 3 is 2.33 bits per heavy atom. The molecule has 0 spiro atoms. The normalized spacial score (nSPS) is 10.9. The number of thiazole rings is 1. The second-order valence-electron chi connectivity index (χ2n) is 7.53. The molecule has 0 saturated carbocycles. The van der Waals surface area contributed by atoms with Crippen molar-refractivity contribution in [3.05, 3.63) is 99.8 Å². The van der Waals surface area contributed by atoms with Crippen LogP contribution < -0.4 is 4.90 Å². The molecule has 168 valence electrons. The second-order valence-corrected chi connectivity index (χ2v) is 8.53. The predicted molar refractivity (Wildman–Crippen MR) is 122 cm³/mol. The Kier molecular flexibility index (Phi) is 6.20. The SMILES string of the molecule is Cc1ccc(N(Cc2ccccc2)C(=O)c2sc(-c3cc(F)c(F)c(O)c3F)nc2C)cc1. The standard InChI is InChI=1S/C25H19F3N2O2S/c1-14-8-10-17(11-9-14)30(13-16-6-4-3-5-7-16)25(32)23-15(2)29-24(33-23)18-12-19(26)21(28)22(31)20(18)27/h3-12,31H,13H2,1-2H3. The van der Waals surface area contributed by atoms with Crippen molar-refractivity contribution in [1.82, 2.24) is 4.98 Å². The molecule has 0 bridgehead atoms. The number of aromatic hydroxyl groups is 1. The molecule has 1 amide bonds. The number of amides is 1. The first-order chi connectivity index (χ1) is 15.8. The molecule has 0 aliphatic heterocycles. The van der Waals surface area contributed by atoms with E-state index in [0.29, 0.717) is 17.4 Å². The Labute approximate surface area is 192 Å². The van der Waals surface area contributed by atoms with Gasteiger partial charge in [0.15, 0.2) is 17.4 Å². The monoisotopic (exact) mass is 468 g/mol. The molecule has 0 unspecified atom stereocenters. The fourth-order valence-corrected chi connectivity index (χ4v) is 4.38. The summed E-state index contributed by atoms with van der Waals surface area (Å²) in [6.07, 6.45) is 0. The molecule has 0 saturated heterocycles. The minimum Gasteiger partial charge on any atom is -0.503 e.